The standard InChI is InChI=1S/C28H36F4O/c1-10-12-13-21(5)27(30)18-22(6)19(3)15-17-24(8)33-28(31,32)23(7)16-14-20(4)25(9)26(29)11-2/h10-11,15,17-18,20,23H,1,3,5-6,8-9,12-14,16H2,2,4,7H3/b17-15-,26-11+,27-18+. The molecule has 0 aliphatic rings. The van der Waals surface area contributed by atoms with Gasteiger partial charge in [-0.3, -0.25) is 0 Å². The monoisotopic (exact) mass is 464 g/mol. The minimum absolute atomic E-state index is 0.102. The van der Waals surface area contributed by atoms with Gasteiger partial charge in [-0.05, 0) is 73.0 Å². The van der Waals surface area contributed by atoms with E-state index in [0.29, 0.717) is 30.4 Å². The largest absolute Gasteiger partial charge is 0.433 e. The van der Waals surface area contributed by atoms with Crippen molar-refractivity contribution >= 4 is 0 Å². The molecule has 5 heteroatoms. The minimum Gasteiger partial charge on any atom is -0.433 e. The predicted molar refractivity (Wildman–Crippen MR) is 132 cm³/mol. The van der Waals surface area contributed by atoms with Crippen LogP contribution in [0.3, 0.4) is 0 Å². The maximum atomic E-state index is 14.4. The quantitative estimate of drug-likeness (QED) is 0.0956. The highest BCUT2D eigenvalue weighted by Crippen LogP contribution is 2.34. The van der Waals surface area contributed by atoms with Gasteiger partial charge in [0.1, 0.15) is 17.4 Å². The fraction of sp³-hybridized carbons (Fsp3) is 0.357. The Kier molecular flexibility index (Phi) is 13.1. The van der Waals surface area contributed by atoms with E-state index in [2.05, 4.69) is 39.5 Å². The van der Waals surface area contributed by atoms with E-state index < -0.39 is 23.7 Å². The second kappa shape index (κ2) is 14.4. The van der Waals surface area contributed by atoms with Crippen LogP contribution in [0.4, 0.5) is 17.6 Å². The summed E-state index contributed by atoms with van der Waals surface area (Å²) in [6, 6.07) is 0. The summed E-state index contributed by atoms with van der Waals surface area (Å²) >= 11 is 0. The van der Waals surface area contributed by atoms with E-state index >= 15 is 0 Å². The molecule has 0 aromatic heterocycles. The molecule has 0 aromatic rings. The number of halogens is 4. The molecule has 182 valence electrons. The zero-order chi connectivity index (χ0) is 25.8. The van der Waals surface area contributed by atoms with Crippen LogP contribution in [0.1, 0.15) is 46.5 Å². The third-order valence-corrected chi connectivity index (χ3v) is 5.20. The molecule has 0 aliphatic carbocycles. The molecular weight excluding hydrogens is 428 g/mol. The van der Waals surface area contributed by atoms with E-state index in [-0.39, 0.29) is 29.2 Å². The van der Waals surface area contributed by atoms with Crippen LogP contribution in [0, 0.1) is 11.8 Å². The lowest BCUT2D eigenvalue weighted by atomic mass is 9.92. The van der Waals surface area contributed by atoms with Gasteiger partial charge in [0.15, 0.2) is 0 Å². The van der Waals surface area contributed by atoms with Crippen molar-refractivity contribution < 1.29 is 22.3 Å². The van der Waals surface area contributed by atoms with E-state index in [0.717, 1.165) is 0 Å². The van der Waals surface area contributed by atoms with Crippen LogP contribution in [0.5, 0.6) is 0 Å². The molecule has 0 heterocycles. The summed E-state index contributed by atoms with van der Waals surface area (Å²) < 4.78 is 61.4. The maximum Gasteiger partial charge on any atom is 0.400 e. The average molecular weight is 465 g/mol. The number of hydrogen-bond acceptors (Lipinski definition) is 1. The number of allylic oxidation sites excluding steroid dienone is 11. The second-order valence-electron chi connectivity index (χ2n) is 7.98. The Morgan fingerprint density at radius 3 is 2.09 bits per heavy atom. The van der Waals surface area contributed by atoms with E-state index in [1.54, 1.807) is 19.9 Å². The summed E-state index contributed by atoms with van der Waals surface area (Å²) in [4.78, 5) is 0. The fourth-order valence-electron chi connectivity index (χ4n) is 2.62. The second-order valence-corrected chi connectivity index (χ2v) is 7.98. The molecule has 0 spiro atoms. The highest BCUT2D eigenvalue weighted by Gasteiger charge is 2.39. The summed E-state index contributed by atoms with van der Waals surface area (Å²) in [5.74, 6) is -2.66. The van der Waals surface area contributed by atoms with E-state index in [4.69, 9.17) is 4.74 Å². The van der Waals surface area contributed by atoms with Crippen molar-refractivity contribution in [2.75, 3.05) is 0 Å². The Morgan fingerprint density at radius 1 is 0.939 bits per heavy atom. The van der Waals surface area contributed by atoms with Crippen molar-refractivity contribution in [2.45, 2.75) is 52.6 Å². The SMILES string of the molecule is C=CCCC(=C)/C(F)=C\C(=C)C(=C)/C=C\C(=C)OC(F)(F)C(C)CCC(C)C(=C)/C(F)=C\C. The molecule has 0 fully saturated rings. The molecule has 0 saturated carbocycles. The molecule has 0 amide bonds. The van der Waals surface area contributed by atoms with Crippen molar-refractivity contribution in [3.8, 4) is 0 Å². The van der Waals surface area contributed by atoms with Gasteiger partial charge in [0, 0.05) is 0 Å². The Bertz CT molecular complexity index is 855. The first kappa shape index (κ1) is 30.2. The van der Waals surface area contributed by atoms with Gasteiger partial charge >= 0.3 is 6.11 Å². The van der Waals surface area contributed by atoms with Gasteiger partial charge in [-0.15, -0.1) is 6.58 Å². The van der Waals surface area contributed by atoms with Crippen molar-refractivity contribution in [3.05, 3.63) is 110 Å². The lowest BCUT2D eigenvalue weighted by Crippen LogP contribution is -2.29. The summed E-state index contributed by atoms with van der Waals surface area (Å²) in [5.41, 5.74) is 1.16. The maximum absolute atomic E-state index is 14.4. The van der Waals surface area contributed by atoms with Crippen LogP contribution in [0.15, 0.2) is 110 Å². The van der Waals surface area contributed by atoms with Gasteiger partial charge in [0.05, 0.1) is 5.92 Å². The summed E-state index contributed by atoms with van der Waals surface area (Å²) in [7, 11) is 0. The lowest BCUT2D eigenvalue weighted by molar-refractivity contribution is -0.244. The topological polar surface area (TPSA) is 9.23 Å². The highest BCUT2D eigenvalue weighted by molar-refractivity contribution is 5.46. The van der Waals surface area contributed by atoms with Crippen LogP contribution < -0.4 is 0 Å². The molecule has 1 nitrogen and oxygen atoms in total. The van der Waals surface area contributed by atoms with Crippen molar-refractivity contribution in [3.63, 3.8) is 0 Å². The van der Waals surface area contributed by atoms with Crippen LogP contribution in [-0.4, -0.2) is 6.11 Å². The molecule has 0 N–H and O–H groups in total. The van der Waals surface area contributed by atoms with Gasteiger partial charge in [0.2, 0.25) is 0 Å². The molecule has 0 bridgehead atoms. The number of alkyl halides is 2. The Hall–Kier alpha value is -2.82. The fourth-order valence-corrected chi connectivity index (χ4v) is 2.62. The highest BCUT2D eigenvalue weighted by atomic mass is 19.3. The molecule has 0 aliphatic heterocycles. The van der Waals surface area contributed by atoms with Crippen LogP contribution >= 0.6 is 0 Å². The van der Waals surface area contributed by atoms with Crippen molar-refractivity contribution in [1.82, 2.24) is 0 Å². The Labute approximate surface area is 196 Å². The van der Waals surface area contributed by atoms with Gasteiger partial charge in [0.25, 0.3) is 0 Å². The first-order valence-corrected chi connectivity index (χ1v) is 10.8. The molecule has 33 heavy (non-hydrogen) atoms. The van der Waals surface area contributed by atoms with Crippen LogP contribution in [-0.2, 0) is 4.74 Å². The molecule has 0 radical (unpaired) electrons. The van der Waals surface area contributed by atoms with E-state index in [9.17, 15) is 17.6 Å². The third-order valence-electron chi connectivity index (χ3n) is 5.20. The number of hydrogen-bond donors (Lipinski definition) is 0. The zero-order valence-electron chi connectivity index (χ0n) is 20.0. The van der Waals surface area contributed by atoms with E-state index in [1.807, 2.05) is 0 Å². The minimum atomic E-state index is -3.48. The Balaban J connectivity index is 4.88. The molecule has 0 saturated heterocycles. The van der Waals surface area contributed by atoms with Crippen molar-refractivity contribution in [2.24, 2.45) is 11.8 Å². The molecule has 2 atom stereocenters. The smallest absolute Gasteiger partial charge is 0.400 e. The number of ether oxygens (including phenoxy) is 1. The third kappa shape index (κ3) is 11.0. The van der Waals surface area contributed by atoms with Gasteiger partial charge < -0.3 is 4.74 Å². The van der Waals surface area contributed by atoms with Crippen LogP contribution in [0.2, 0.25) is 0 Å². The first-order chi connectivity index (χ1) is 15.3. The first-order valence-electron chi connectivity index (χ1n) is 10.8. The lowest BCUT2D eigenvalue weighted by Gasteiger charge is -2.25. The molecule has 0 rings (SSSR count). The van der Waals surface area contributed by atoms with E-state index in [1.165, 1.54) is 31.2 Å². The van der Waals surface area contributed by atoms with Crippen LogP contribution in [0.25, 0.3) is 0 Å². The summed E-state index contributed by atoms with van der Waals surface area (Å²) in [6.45, 7) is 26.5. The van der Waals surface area contributed by atoms with Gasteiger partial charge in [-0.1, -0.05) is 65.0 Å². The molecule has 0 aromatic carbocycles. The Morgan fingerprint density at radius 2 is 1.55 bits per heavy atom. The zero-order valence-corrected chi connectivity index (χ0v) is 20.0. The molecular formula is C28H36F4O. The number of rotatable bonds is 16. The van der Waals surface area contributed by atoms with Gasteiger partial charge in [-0.25, -0.2) is 8.78 Å². The molecule has 2 unspecified atom stereocenters. The summed E-state index contributed by atoms with van der Waals surface area (Å²) in [6.07, 6.45) is 4.71. The predicted octanol–water partition coefficient (Wildman–Crippen LogP) is 9.64. The average Bonchev–Trinajstić information content (AvgIpc) is 2.77. The summed E-state index contributed by atoms with van der Waals surface area (Å²) in [5, 5.41) is 0. The van der Waals surface area contributed by atoms with Gasteiger partial charge in [-0.2, -0.15) is 8.78 Å². The van der Waals surface area contributed by atoms with Crippen molar-refractivity contribution in [1.29, 1.82) is 0 Å². The normalized spacial score (nSPS) is 14.5.